The van der Waals surface area contributed by atoms with Gasteiger partial charge in [0.1, 0.15) is 5.75 Å². The zero-order valence-electron chi connectivity index (χ0n) is 13.6. The minimum atomic E-state index is -1.01. The number of ether oxygens (including phenoxy) is 2. The number of nitrogens with zero attached hydrogens (tertiary/aromatic N) is 1. The number of methoxy groups -OCH3 is 1. The van der Waals surface area contributed by atoms with Crippen molar-refractivity contribution in [2.75, 3.05) is 12.4 Å². The fourth-order valence-corrected chi connectivity index (χ4v) is 2.39. The predicted molar refractivity (Wildman–Crippen MR) is 95.1 cm³/mol. The summed E-state index contributed by atoms with van der Waals surface area (Å²) in [6, 6.07) is 8.49. The van der Waals surface area contributed by atoms with E-state index >= 15 is 0 Å². The van der Waals surface area contributed by atoms with Gasteiger partial charge < -0.3 is 14.8 Å². The molecule has 0 saturated heterocycles. The molecule has 0 radical (unpaired) electrons. The molecule has 0 spiro atoms. The Balaban J connectivity index is 1.92. The first-order chi connectivity index (χ1) is 11.9. The van der Waals surface area contributed by atoms with E-state index < -0.39 is 18.0 Å². The number of nitrogens with one attached hydrogen (secondary N) is 1. The first-order valence-corrected chi connectivity index (χ1v) is 8.09. The molecule has 1 amide bonds. The predicted octanol–water partition coefficient (Wildman–Crippen LogP) is 3.51. The van der Waals surface area contributed by atoms with Crippen LogP contribution in [0.5, 0.6) is 5.75 Å². The van der Waals surface area contributed by atoms with Crippen LogP contribution in [0.4, 0.5) is 5.82 Å². The summed E-state index contributed by atoms with van der Waals surface area (Å²) in [5, 5.41) is 3.03. The van der Waals surface area contributed by atoms with Crippen LogP contribution < -0.4 is 10.1 Å². The average molecular weight is 383 g/mol. The number of esters is 1. The first-order valence-electron chi connectivity index (χ1n) is 7.33. The van der Waals surface area contributed by atoms with Crippen molar-refractivity contribution in [2.45, 2.75) is 19.4 Å². The van der Waals surface area contributed by atoms with Crippen molar-refractivity contribution >= 4 is 40.9 Å². The van der Waals surface area contributed by atoms with Crippen molar-refractivity contribution in [1.82, 2.24) is 4.98 Å². The monoisotopic (exact) mass is 382 g/mol. The highest BCUT2D eigenvalue weighted by Gasteiger charge is 2.19. The van der Waals surface area contributed by atoms with Gasteiger partial charge in [0, 0.05) is 6.20 Å². The molecule has 6 nitrogen and oxygen atoms in total. The second kappa shape index (κ2) is 8.69. The zero-order valence-corrected chi connectivity index (χ0v) is 15.1. The molecule has 2 aromatic rings. The summed E-state index contributed by atoms with van der Waals surface area (Å²) in [6.07, 6.45) is 0.365. The van der Waals surface area contributed by atoms with Gasteiger partial charge in [-0.1, -0.05) is 35.3 Å². The molecular formula is C17H16Cl2N2O4. The summed E-state index contributed by atoms with van der Waals surface area (Å²) in [7, 11) is 1.54. The second-order valence-electron chi connectivity index (χ2n) is 5.13. The van der Waals surface area contributed by atoms with Crippen molar-refractivity contribution in [3.63, 3.8) is 0 Å². The number of hydrogen-bond donors (Lipinski definition) is 1. The van der Waals surface area contributed by atoms with Crippen molar-refractivity contribution in [2.24, 2.45) is 0 Å². The fraction of sp³-hybridized carbons (Fsp3) is 0.235. The highest BCUT2D eigenvalue weighted by molar-refractivity contribution is 6.36. The molecule has 1 atom stereocenters. The Morgan fingerprint density at radius 1 is 1.28 bits per heavy atom. The van der Waals surface area contributed by atoms with Gasteiger partial charge in [0.15, 0.2) is 11.9 Å². The average Bonchev–Trinajstić information content (AvgIpc) is 2.57. The lowest BCUT2D eigenvalue weighted by Gasteiger charge is -2.14. The Bertz CT molecular complexity index is 783. The molecule has 132 valence electrons. The summed E-state index contributed by atoms with van der Waals surface area (Å²) >= 11 is 11.7. The molecule has 0 unspecified atom stereocenters. The molecule has 0 aliphatic carbocycles. The topological polar surface area (TPSA) is 77.5 Å². The van der Waals surface area contributed by atoms with Gasteiger partial charge in [0.2, 0.25) is 0 Å². The minimum Gasteiger partial charge on any atom is -0.497 e. The second-order valence-corrected chi connectivity index (χ2v) is 5.98. The summed E-state index contributed by atoms with van der Waals surface area (Å²) in [4.78, 5) is 28.0. The number of hydrogen-bond acceptors (Lipinski definition) is 5. The van der Waals surface area contributed by atoms with Crippen molar-refractivity contribution in [3.8, 4) is 5.75 Å². The smallest absolute Gasteiger partial charge is 0.311 e. The van der Waals surface area contributed by atoms with Gasteiger partial charge >= 0.3 is 5.97 Å². The van der Waals surface area contributed by atoms with Crippen LogP contribution in [-0.4, -0.2) is 30.1 Å². The van der Waals surface area contributed by atoms with Crippen LogP contribution in [0.15, 0.2) is 36.5 Å². The van der Waals surface area contributed by atoms with Gasteiger partial charge in [0.25, 0.3) is 5.91 Å². The largest absolute Gasteiger partial charge is 0.497 e. The molecule has 2 rings (SSSR count). The van der Waals surface area contributed by atoms with Crippen LogP contribution in [0.25, 0.3) is 0 Å². The summed E-state index contributed by atoms with van der Waals surface area (Å²) in [5.74, 6) is -0.298. The number of halogens is 2. The minimum absolute atomic E-state index is 0.0226. The number of amides is 1. The van der Waals surface area contributed by atoms with Gasteiger partial charge in [-0.05, 0) is 30.7 Å². The van der Waals surface area contributed by atoms with Crippen LogP contribution in [0.1, 0.15) is 12.5 Å². The number of anilines is 1. The molecule has 25 heavy (non-hydrogen) atoms. The number of benzene rings is 1. The first kappa shape index (κ1) is 19.0. The SMILES string of the molecule is COc1cccc(CC(=O)O[C@H](C)C(=O)Nc2ncc(Cl)cc2Cl)c1. The van der Waals surface area contributed by atoms with Crippen molar-refractivity contribution in [1.29, 1.82) is 0 Å². The van der Waals surface area contributed by atoms with E-state index in [2.05, 4.69) is 10.3 Å². The third kappa shape index (κ3) is 5.62. The normalized spacial score (nSPS) is 11.5. The van der Waals surface area contributed by atoms with Gasteiger partial charge in [-0.3, -0.25) is 9.59 Å². The molecule has 0 saturated carbocycles. The Kier molecular flexibility index (Phi) is 6.61. The molecule has 8 heteroatoms. The van der Waals surface area contributed by atoms with E-state index in [1.54, 1.807) is 31.4 Å². The zero-order chi connectivity index (χ0) is 18.4. The molecule has 1 aromatic heterocycles. The highest BCUT2D eigenvalue weighted by Crippen LogP contribution is 2.22. The summed E-state index contributed by atoms with van der Waals surface area (Å²) in [5.41, 5.74) is 0.722. The van der Waals surface area contributed by atoms with Gasteiger partial charge in [0.05, 0.1) is 23.6 Å². The number of carbonyl (C=O) groups is 2. The van der Waals surface area contributed by atoms with Crippen LogP contribution in [-0.2, 0) is 20.7 Å². The van der Waals surface area contributed by atoms with Gasteiger partial charge in [-0.2, -0.15) is 0 Å². The van der Waals surface area contributed by atoms with E-state index in [1.165, 1.54) is 19.2 Å². The maximum Gasteiger partial charge on any atom is 0.311 e. The van der Waals surface area contributed by atoms with Crippen LogP contribution in [0, 0.1) is 0 Å². The quantitative estimate of drug-likeness (QED) is 0.773. The number of aromatic nitrogens is 1. The van der Waals surface area contributed by atoms with E-state index in [1.807, 2.05) is 0 Å². The summed E-state index contributed by atoms with van der Waals surface area (Å²) in [6.45, 7) is 1.46. The van der Waals surface area contributed by atoms with Crippen molar-refractivity contribution < 1.29 is 19.1 Å². The fourth-order valence-electron chi connectivity index (χ4n) is 1.97. The third-order valence-electron chi connectivity index (χ3n) is 3.21. The van der Waals surface area contributed by atoms with E-state index in [0.29, 0.717) is 10.8 Å². The molecule has 0 bridgehead atoms. The van der Waals surface area contributed by atoms with Crippen LogP contribution in [0.3, 0.4) is 0 Å². The Morgan fingerprint density at radius 3 is 2.72 bits per heavy atom. The lowest BCUT2D eigenvalue weighted by atomic mass is 10.1. The molecule has 1 N–H and O–H groups in total. The Labute approximate surface area is 155 Å². The molecule has 0 fully saturated rings. The van der Waals surface area contributed by atoms with Gasteiger partial charge in [-0.25, -0.2) is 4.98 Å². The van der Waals surface area contributed by atoms with E-state index in [9.17, 15) is 9.59 Å². The Hall–Kier alpha value is -2.31. The number of pyridine rings is 1. The Morgan fingerprint density at radius 2 is 2.04 bits per heavy atom. The lowest BCUT2D eigenvalue weighted by Crippen LogP contribution is -2.30. The molecule has 0 aliphatic rings. The maximum atomic E-state index is 12.1. The van der Waals surface area contributed by atoms with Crippen molar-refractivity contribution in [3.05, 3.63) is 52.1 Å². The lowest BCUT2D eigenvalue weighted by molar-refractivity contribution is -0.152. The van der Waals surface area contributed by atoms with Crippen LogP contribution >= 0.6 is 23.2 Å². The molecule has 1 heterocycles. The molecule has 1 aromatic carbocycles. The van der Waals surface area contributed by atoms with E-state index in [-0.39, 0.29) is 17.3 Å². The highest BCUT2D eigenvalue weighted by atomic mass is 35.5. The van der Waals surface area contributed by atoms with E-state index in [0.717, 1.165) is 5.56 Å². The third-order valence-corrected chi connectivity index (χ3v) is 3.70. The maximum absolute atomic E-state index is 12.1. The van der Waals surface area contributed by atoms with Crippen LogP contribution in [0.2, 0.25) is 10.0 Å². The van der Waals surface area contributed by atoms with Gasteiger partial charge in [-0.15, -0.1) is 0 Å². The standard InChI is InChI=1S/C17H16Cl2N2O4/c1-10(17(23)21-16-14(19)8-12(18)9-20-16)25-15(22)7-11-4-3-5-13(6-11)24-2/h3-6,8-10H,7H2,1-2H3,(H,20,21,23)/t10-/m1/s1. The molecular weight excluding hydrogens is 367 g/mol. The number of carbonyl (C=O) groups excluding carboxylic acids is 2. The summed E-state index contributed by atoms with van der Waals surface area (Å²) < 4.78 is 10.2. The number of rotatable bonds is 6. The van der Waals surface area contributed by atoms with E-state index in [4.69, 9.17) is 32.7 Å². The molecule has 0 aliphatic heterocycles.